The largest absolute Gasteiger partial charge is 0.152 e. The summed E-state index contributed by atoms with van der Waals surface area (Å²) in [6.45, 7) is 0. The van der Waals surface area contributed by atoms with Crippen LogP contribution in [0.3, 0.4) is 0 Å². The molecule has 1 aliphatic carbocycles. The lowest BCUT2D eigenvalue weighted by Gasteiger charge is -1.80. The summed E-state index contributed by atoms with van der Waals surface area (Å²) in [7, 11) is 0. The standard InChI is InChI=1S/C8H11S/c1-9-7-3-2-4-8-5-6-8/h5,8H,4,6-7H2,1H3. The molecule has 0 heterocycles. The lowest BCUT2D eigenvalue weighted by Crippen LogP contribution is -1.71. The van der Waals surface area contributed by atoms with Crippen LogP contribution in [0.2, 0.25) is 0 Å². The molecule has 0 aromatic heterocycles. The summed E-state index contributed by atoms with van der Waals surface area (Å²) >= 11 is 1.79. The first-order chi connectivity index (χ1) is 4.43. The molecule has 0 amide bonds. The summed E-state index contributed by atoms with van der Waals surface area (Å²) in [6, 6.07) is 0. The Bertz CT molecular complexity index is 125. The Labute approximate surface area is 61.4 Å². The molecule has 1 atom stereocenters. The quantitative estimate of drug-likeness (QED) is 0.527. The third kappa shape index (κ3) is 3.48. The molecule has 0 aromatic carbocycles. The van der Waals surface area contributed by atoms with E-state index >= 15 is 0 Å². The van der Waals surface area contributed by atoms with E-state index in [-0.39, 0.29) is 0 Å². The van der Waals surface area contributed by atoms with Crippen molar-refractivity contribution in [2.24, 2.45) is 5.92 Å². The van der Waals surface area contributed by atoms with Gasteiger partial charge >= 0.3 is 0 Å². The summed E-state index contributed by atoms with van der Waals surface area (Å²) in [5.41, 5.74) is 0. The van der Waals surface area contributed by atoms with E-state index in [1.54, 1.807) is 11.8 Å². The SMILES string of the molecule is CSCC#CCC1[CH]C1. The summed E-state index contributed by atoms with van der Waals surface area (Å²) in [4.78, 5) is 0. The second kappa shape index (κ2) is 3.85. The Morgan fingerprint density at radius 1 is 1.67 bits per heavy atom. The van der Waals surface area contributed by atoms with Gasteiger partial charge in [0.15, 0.2) is 0 Å². The Kier molecular flexibility index (Phi) is 3.00. The third-order valence-corrected chi connectivity index (χ3v) is 1.71. The Hall–Kier alpha value is -0.0900. The number of hydrogen-bond donors (Lipinski definition) is 0. The molecule has 1 heteroatoms. The van der Waals surface area contributed by atoms with Gasteiger partial charge in [0.2, 0.25) is 0 Å². The average molecular weight is 139 g/mol. The van der Waals surface area contributed by atoms with Crippen molar-refractivity contribution in [3.8, 4) is 11.8 Å². The molecule has 9 heavy (non-hydrogen) atoms. The van der Waals surface area contributed by atoms with Gasteiger partial charge in [0.05, 0.1) is 5.75 Å². The molecule has 1 radical (unpaired) electrons. The van der Waals surface area contributed by atoms with E-state index in [0.29, 0.717) is 0 Å². The van der Waals surface area contributed by atoms with Crippen molar-refractivity contribution >= 4 is 11.8 Å². The van der Waals surface area contributed by atoms with Crippen molar-refractivity contribution in [3.63, 3.8) is 0 Å². The molecule has 1 saturated carbocycles. The summed E-state index contributed by atoms with van der Waals surface area (Å²) in [6.07, 6.45) is 6.79. The second-order valence-corrected chi connectivity index (χ2v) is 3.09. The monoisotopic (exact) mass is 139 g/mol. The molecular formula is C8H11S. The molecule has 0 saturated heterocycles. The van der Waals surface area contributed by atoms with Crippen LogP contribution in [0.25, 0.3) is 0 Å². The predicted molar refractivity (Wildman–Crippen MR) is 43.2 cm³/mol. The number of thioether (sulfide) groups is 1. The van der Waals surface area contributed by atoms with Gasteiger partial charge in [-0.15, -0.1) is 5.92 Å². The zero-order chi connectivity index (χ0) is 6.53. The van der Waals surface area contributed by atoms with Crippen LogP contribution in [0.4, 0.5) is 0 Å². The molecule has 0 aliphatic heterocycles. The fraction of sp³-hybridized carbons (Fsp3) is 0.625. The smallest absolute Gasteiger partial charge is 0.0544 e. The van der Waals surface area contributed by atoms with Crippen LogP contribution >= 0.6 is 11.8 Å². The van der Waals surface area contributed by atoms with Crippen molar-refractivity contribution in [1.29, 1.82) is 0 Å². The van der Waals surface area contributed by atoms with Crippen molar-refractivity contribution in [1.82, 2.24) is 0 Å². The molecular weight excluding hydrogens is 128 g/mol. The van der Waals surface area contributed by atoms with Gasteiger partial charge < -0.3 is 0 Å². The second-order valence-electron chi connectivity index (χ2n) is 2.22. The minimum Gasteiger partial charge on any atom is -0.152 e. The van der Waals surface area contributed by atoms with Gasteiger partial charge in [-0.05, 0) is 25.0 Å². The maximum absolute atomic E-state index is 3.15. The topological polar surface area (TPSA) is 0 Å². The Morgan fingerprint density at radius 2 is 2.44 bits per heavy atom. The minimum atomic E-state index is 0.847. The first kappa shape index (κ1) is 7.02. The fourth-order valence-corrected chi connectivity index (χ4v) is 0.836. The van der Waals surface area contributed by atoms with Gasteiger partial charge in [-0.1, -0.05) is 5.92 Å². The lowest BCUT2D eigenvalue weighted by atomic mass is 10.3. The van der Waals surface area contributed by atoms with Crippen LogP contribution in [0, 0.1) is 24.2 Å². The third-order valence-electron chi connectivity index (χ3n) is 1.27. The molecule has 0 spiro atoms. The molecule has 0 nitrogen and oxygen atoms in total. The minimum absolute atomic E-state index is 0.847. The molecule has 1 unspecified atom stereocenters. The lowest BCUT2D eigenvalue weighted by molar-refractivity contribution is 0.915. The maximum atomic E-state index is 3.15. The van der Waals surface area contributed by atoms with E-state index in [2.05, 4.69) is 24.5 Å². The van der Waals surface area contributed by atoms with E-state index < -0.39 is 0 Å². The van der Waals surface area contributed by atoms with E-state index in [4.69, 9.17) is 0 Å². The molecule has 1 rings (SSSR count). The van der Waals surface area contributed by atoms with Gasteiger partial charge in [-0.2, -0.15) is 11.8 Å². The van der Waals surface area contributed by atoms with E-state index in [9.17, 15) is 0 Å². The highest BCUT2D eigenvalue weighted by atomic mass is 32.2. The van der Waals surface area contributed by atoms with Crippen LogP contribution in [0.1, 0.15) is 12.8 Å². The molecule has 1 aliphatic rings. The van der Waals surface area contributed by atoms with Crippen LogP contribution in [0.15, 0.2) is 0 Å². The number of rotatable bonds is 2. The molecule has 0 bridgehead atoms. The average Bonchev–Trinajstić information content (AvgIpc) is 2.63. The van der Waals surface area contributed by atoms with Gasteiger partial charge in [-0.3, -0.25) is 0 Å². The molecule has 1 fully saturated rings. The fourth-order valence-electron chi connectivity index (χ4n) is 0.589. The van der Waals surface area contributed by atoms with Crippen LogP contribution in [-0.2, 0) is 0 Å². The molecule has 0 aromatic rings. The normalized spacial score (nSPS) is 16.6. The van der Waals surface area contributed by atoms with E-state index in [1.807, 2.05) is 0 Å². The van der Waals surface area contributed by atoms with Gasteiger partial charge in [0.1, 0.15) is 0 Å². The van der Waals surface area contributed by atoms with Crippen LogP contribution < -0.4 is 0 Å². The summed E-state index contributed by atoms with van der Waals surface area (Å²) < 4.78 is 0. The highest BCUT2D eigenvalue weighted by molar-refractivity contribution is 7.98. The van der Waals surface area contributed by atoms with Gasteiger partial charge in [-0.25, -0.2) is 0 Å². The Morgan fingerprint density at radius 3 is 3.00 bits per heavy atom. The summed E-state index contributed by atoms with van der Waals surface area (Å²) in [5.74, 6) is 8.08. The highest BCUT2D eigenvalue weighted by Gasteiger charge is 2.19. The number of hydrogen-bond acceptors (Lipinski definition) is 1. The van der Waals surface area contributed by atoms with Crippen molar-refractivity contribution in [3.05, 3.63) is 6.42 Å². The molecule has 0 N–H and O–H groups in total. The Balaban J connectivity index is 1.95. The van der Waals surface area contributed by atoms with Crippen LogP contribution in [-0.4, -0.2) is 12.0 Å². The first-order valence-corrected chi connectivity index (χ1v) is 4.61. The van der Waals surface area contributed by atoms with Crippen LogP contribution in [0.5, 0.6) is 0 Å². The van der Waals surface area contributed by atoms with Crippen molar-refractivity contribution in [2.45, 2.75) is 12.8 Å². The first-order valence-electron chi connectivity index (χ1n) is 3.21. The van der Waals surface area contributed by atoms with Crippen molar-refractivity contribution < 1.29 is 0 Å². The predicted octanol–water partition coefficient (Wildman–Crippen LogP) is 1.97. The van der Waals surface area contributed by atoms with Gasteiger partial charge in [0, 0.05) is 6.42 Å². The molecule has 49 valence electrons. The van der Waals surface area contributed by atoms with Crippen molar-refractivity contribution in [2.75, 3.05) is 12.0 Å². The van der Waals surface area contributed by atoms with Gasteiger partial charge in [0.25, 0.3) is 0 Å². The maximum Gasteiger partial charge on any atom is 0.0544 e. The summed E-state index contributed by atoms with van der Waals surface area (Å²) in [5, 5.41) is 0. The zero-order valence-corrected chi connectivity index (χ0v) is 6.50. The van der Waals surface area contributed by atoms with E-state index in [1.165, 1.54) is 6.42 Å². The zero-order valence-electron chi connectivity index (χ0n) is 5.68. The highest BCUT2D eigenvalue weighted by Crippen LogP contribution is 2.29. The van der Waals surface area contributed by atoms with E-state index in [0.717, 1.165) is 18.1 Å².